The van der Waals surface area contributed by atoms with Crippen molar-refractivity contribution >= 4 is 11.7 Å². The molecule has 1 aliphatic rings. The number of nitrogens with one attached hydrogen (secondary N) is 1. The maximum absolute atomic E-state index is 10.0. The number of ether oxygens (including phenoxy) is 1. The standard InChI is InChI=1S/C9H11N.C8H8O3/c1-2-6-9-8(4-1)5-3-7-10-9;9-8(10)6-11-7-4-2-1-3-5-7/h1-2,4,6,10H,3,5,7H2;1-5H,6H2,(H,9,10). The SMILES string of the molecule is O=C(O)COc1ccccc1.c1ccc2c(c1)CCCN2. The Morgan fingerprint density at radius 3 is 2.52 bits per heavy atom. The molecule has 0 unspecified atom stereocenters. The number of benzene rings is 2. The number of para-hydroxylation sites is 2. The van der Waals surface area contributed by atoms with Crippen LogP contribution in [-0.4, -0.2) is 24.2 Å². The van der Waals surface area contributed by atoms with Crippen LogP contribution in [0.3, 0.4) is 0 Å². The van der Waals surface area contributed by atoms with Gasteiger partial charge in [0.05, 0.1) is 0 Å². The molecule has 0 radical (unpaired) electrons. The quantitative estimate of drug-likeness (QED) is 0.909. The Morgan fingerprint density at radius 2 is 1.81 bits per heavy atom. The molecular formula is C17H19NO3. The maximum Gasteiger partial charge on any atom is 0.341 e. The van der Waals surface area contributed by atoms with Crippen LogP contribution >= 0.6 is 0 Å². The minimum Gasteiger partial charge on any atom is -0.482 e. The Morgan fingerprint density at radius 1 is 1.10 bits per heavy atom. The average Bonchev–Trinajstić information content (AvgIpc) is 2.55. The third-order valence-corrected chi connectivity index (χ3v) is 3.06. The summed E-state index contributed by atoms with van der Waals surface area (Å²) in [7, 11) is 0. The van der Waals surface area contributed by atoms with E-state index in [1.54, 1.807) is 24.3 Å². The number of anilines is 1. The molecule has 110 valence electrons. The molecule has 0 saturated heterocycles. The Labute approximate surface area is 124 Å². The van der Waals surface area contributed by atoms with E-state index < -0.39 is 5.97 Å². The van der Waals surface area contributed by atoms with E-state index in [0.717, 1.165) is 6.54 Å². The van der Waals surface area contributed by atoms with Crippen LogP contribution in [0.25, 0.3) is 0 Å². The molecule has 0 amide bonds. The Balaban J connectivity index is 0.000000154. The summed E-state index contributed by atoms with van der Waals surface area (Å²) < 4.78 is 4.87. The Bertz CT molecular complexity index is 544. The molecule has 2 N–H and O–H groups in total. The summed E-state index contributed by atoms with van der Waals surface area (Å²) in [5, 5.41) is 11.6. The molecule has 0 spiro atoms. The highest BCUT2D eigenvalue weighted by molar-refractivity contribution is 5.68. The fourth-order valence-corrected chi connectivity index (χ4v) is 2.07. The van der Waals surface area contributed by atoms with Crippen molar-refractivity contribution in [3.63, 3.8) is 0 Å². The minimum atomic E-state index is -0.964. The first kappa shape index (κ1) is 14.9. The number of carboxylic acid groups (broad SMARTS) is 1. The molecule has 0 aromatic heterocycles. The van der Waals surface area contributed by atoms with Gasteiger partial charge in [-0.3, -0.25) is 0 Å². The monoisotopic (exact) mass is 285 g/mol. The molecule has 3 rings (SSSR count). The van der Waals surface area contributed by atoms with Gasteiger partial charge in [-0.25, -0.2) is 4.79 Å². The van der Waals surface area contributed by atoms with E-state index in [9.17, 15) is 4.79 Å². The lowest BCUT2D eigenvalue weighted by atomic mass is 10.0. The van der Waals surface area contributed by atoms with Gasteiger partial charge in [-0.2, -0.15) is 0 Å². The molecule has 21 heavy (non-hydrogen) atoms. The van der Waals surface area contributed by atoms with Gasteiger partial charge in [0.15, 0.2) is 6.61 Å². The van der Waals surface area contributed by atoms with Crippen LogP contribution in [0.5, 0.6) is 5.75 Å². The number of hydrogen-bond donors (Lipinski definition) is 2. The predicted octanol–water partition coefficient (Wildman–Crippen LogP) is 3.19. The second-order valence-corrected chi connectivity index (χ2v) is 4.68. The molecule has 0 aliphatic carbocycles. The summed E-state index contributed by atoms with van der Waals surface area (Å²) in [6, 6.07) is 17.4. The summed E-state index contributed by atoms with van der Waals surface area (Å²) in [4.78, 5) is 10.0. The van der Waals surface area contributed by atoms with E-state index in [1.165, 1.54) is 24.1 Å². The van der Waals surface area contributed by atoms with Crippen LogP contribution in [0.2, 0.25) is 0 Å². The summed E-state index contributed by atoms with van der Waals surface area (Å²) in [5.74, 6) is -0.385. The lowest BCUT2D eigenvalue weighted by Crippen LogP contribution is -2.10. The lowest BCUT2D eigenvalue weighted by Gasteiger charge is -2.16. The second-order valence-electron chi connectivity index (χ2n) is 4.68. The van der Waals surface area contributed by atoms with Crippen LogP contribution in [-0.2, 0) is 11.2 Å². The summed E-state index contributed by atoms with van der Waals surface area (Å²) >= 11 is 0. The van der Waals surface area contributed by atoms with Gasteiger partial charge >= 0.3 is 5.97 Å². The molecule has 4 heteroatoms. The molecule has 1 heterocycles. The first-order valence-electron chi connectivity index (χ1n) is 6.97. The van der Waals surface area contributed by atoms with E-state index in [0.29, 0.717) is 5.75 Å². The van der Waals surface area contributed by atoms with Gasteiger partial charge in [0, 0.05) is 12.2 Å². The summed E-state index contributed by atoms with van der Waals surface area (Å²) in [6.07, 6.45) is 2.51. The predicted molar refractivity (Wildman–Crippen MR) is 82.8 cm³/mol. The third-order valence-electron chi connectivity index (χ3n) is 3.06. The first-order chi connectivity index (χ1) is 10.3. The molecule has 0 atom stereocenters. The van der Waals surface area contributed by atoms with Crippen LogP contribution in [0.4, 0.5) is 5.69 Å². The van der Waals surface area contributed by atoms with Gasteiger partial charge in [-0.15, -0.1) is 0 Å². The van der Waals surface area contributed by atoms with Crippen molar-refractivity contribution in [3.8, 4) is 5.75 Å². The normalized spacial score (nSPS) is 12.2. The highest BCUT2D eigenvalue weighted by Crippen LogP contribution is 2.20. The molecule has 2 aromatic carbocycles. The number of hydrogen-bond acceptors (Lipinski definition) is 3. The number of rotatable bonds is 3. The van der Waals surface area contributed by atoms with E-state index in [-0.39, 0.29) is 6.61 Å². The lowest BCUT2D eigenvalue weighted by molar-refractivity contribution is -0.139. The highest BCUT2D eigenvalue weighted by Gasteiger charge is 2.04. The molecule has 0 bridgehead atoms. The van der Waals surface area contributed by atoms with Crippen molar-refractivity contribution in [3.05, 3.63) is 60.2 Å². The van der Waals surface area contributed by atoms with Crippen molar-refractivity contribution in [1.29, 1.82) is 0 Å². The Hall–Kier alpha value is -2.49. The highest BCUT2D eigenvalue weighted by atomic mass is 16.5. The van der Waals surface area contributed by atoms with Crippen molar-refractivity contribution in [2.24, 2.45) is 0 Å². The van der Waals surface area contributed by atoms with E-state index in [4.69, 9.17) is 9.84 Å². The number of aryl methyl sites for hydroxylation is 1. The van der Waals surface area contributed by atoms with Gasteiger partial charge < -0.3 is 15.2 Å². The zero-order valence-electron chi connectivity index (χ0n) is 11.8. The third kappa shape index (κ3) is 5.18. The van der Waals surface area contributed by atoms with Crippen molar-refractivity contribution < 1.29 is 14.6 Å². The van der Waals surface area contributed by atoms with Gasteiger partial charge in [-0.1, -0.05) is 36.4 Å². The summed E-state index contributed by atoms with van der Waals surface area (Å²) in [6.45, 7) is 0.848. The maximum atomic E-state index is 10.0. The molecule has 0 fully saturated rings. The second kappa shape index (κ2) is 7.94. The van der Waals surface area contributed by atoms with E-state index >= 15 is 0 Å². The van der Waals surface area contributed by atoms with Gasteiger partial charge in [0.2, 0.25) is 0 Å². The smallest absolute Gasteiger partial charge is 0.341 e. The average molecular weight is 285 g/mol. The summed E-state index contributed by atoms with van der Waals surface area (Å²) in [5.41, 5.74) is 2.79. The van der Waals surface area contributed by atoms with Crippen LogP contribution in [0.1, 0.15) is 12.0 Å². The number of carboxylic acids is 1. The zero-order chi connectivity index (χ0) is 14.9. The molecule has 1 aliphatic heterocycles. The number of fused-ring (bicyclic) bond motifs is 1. The molecule has 0 saturated carbocycles. The Kier molecular flexibility index (Phi) is 5.64. The topological polar surface area (TPSA) is 58.6 Å². The van der Waals surface area contributed by atoms with Gasteiger partial charge in [-0.05, 0) is 36.6 Å². The zero-order valence-corrected chi connectivity index (χ0v) is 11.8. The molecule has 2 aromatic rings. The van der Waals surface area contributed by atoms with Gasteiger partial charge in [0.25, 0.3) is 0 Å². The number of aliphatic carboxylic acids is 1. The molecule has 4 nitrogen and oxygen atoms in total. The van der Waals surface area contributed by atoms with Crippen LogP contribution in [0, 0.1) is 0 Å². The van der Waals surface area contributed by atoms with E-state index in [2.05, 4.69) is 29.6 Å². The fourth-order valence-electron chi connectivity index (χ4n) is 2.07. The minimum absolute atomic E-state index is 0.288. The van der Waals surface area contributed by atoms with Crippen molar-refractivity contribution in [2.45, 2.75) is 12.8 Å². The van der Waals surface area contributed by atoms with Crippen molar-refractivity contribution in [2.75, 3.05) is 18.5 Å². The van der Waals surface area contributed by atoms with Crippen LogP contribution < -0.4 is 10.1 Å². The van der Waals surface area contributed by atoms with Crippen molar-refractivity contribution in [1.82, 2.24) is 0 Å². The van der Waals surface area contributed by atoms with Crippen LogP contribution in [0.15, 0.2) is 54.6 Å². The van der Waals surface area contributed by atoms with Gasteiger partial charge in [0.1, 0.15) is 5.75 Å². The number of carbonyl (C=O) groups is 1. The fraction of sp³-hybridized carbons (Fsp3) is 0.235. The molecular weight excluding hydrogens is 266 g/mol. The first-order valence-corrected chi connectivity index (χ1v) is 6.97. The largest absolute Gasteiger partial charge is 0.482 e. The van der Waals surface area contributed by atoms with E-state index in [1.807, 2.05) is 6.07 Å².